The molecule has 0 saturated heterocycles. The first-order valence-corrected chi connectivity index (χ1v) is 6.55. The zero-order valence-corrected chi connectivity index (χ0v) is 12.3. The highest BCUT2D eigenvalue weighted by molar-refractivity contribution is 5.39. The molecule has 2 rings (SSSR count). The molecule has 1 unspecified atom stereocenters. The minimum absolute atomic E-state index is 0.186. The summed E-state index contributed by atoms with van der Waals surface area (Å²) in [4.78, 5) is 0. The average Bonchev–Trinajstić information content (AvgIpc) is 2.91. The van der Waals surface area contributed by atoms with E-state index < -0.39 is 11.9 Å². The summed E-state index contributed by atoms with van der Waals surface area (Å²) in [6.45, 7) is 2.60. The van der Waals surface area contributed by atoms with Crippen molar-refractivity contribution in [3.8, 4) is 11.5 Å². The van der Waals surface area contributed by atoms with E-state index in [-0.39, 0.29) is 5.75 Å². The summed E-state index contributed by atoms with van der Waals surface area (Å²) in [6, 6.07) is 4.26. The first-order valence-electron chi connectivity index (χ1n) is 6.55. The van der Waals surface area contributed by atoms with Crippen molar-refractivity contribution in [1.82, 2.24) is 15.2 Å². The van der Waals surface area contributed by atoms with E-state index >= 15 is 0 Å². The van der Waals surface area contributed by atoms with Gasteiger partial charge < -0.3 is 9.47 Å². The van der Waals surface area contributed by atoms with E-state index in [1.807, 2.05) is 6.92 Å². The highest BCUT2D eigenvalue weighted by Crippen LogP contribution is 2.31. The van der Waals surface area contributed by atoms with Crippen LogP contribution in [0.4, 0.5) is 4.39 Å². The Hall–Kier alpha value is -2.12. The highest BCUT2D eigenvalue weighted by atomic mass is 19.1. The van der Waals surface area contributed by atoms with Crippen molar-refractivity contribution in [2.75, 3.05) is 14.2 Å². The number of aryl methyl sites for hydroxylation is 1. The van der Waals surface area contributed by atoms with E-state index in [4.69, 9.17) is 15.3 Å². The highest BCUT2D eigenvalue weighted by Gasteiger charge is 2.23. The molecule has 6 nitrogen and oxygen atoms in total. The molecule has 1 heterocycles. The number of ether oxygens (including phenoxy) is 2. The molecule has 0 radical (unpaired) electrons. The number of halogens is 1. The first-order chi connectivity index (χ1) is 10.2. The maximum Gasteiger partial charge on any atom is 0.165 e. The molecule has 3 N–H and O–H groups in total. The standard InChI is InChI=1S/C14H19FN4O2/c1-4-19-14(12(21-3)8-17-19)13(18-16)9-5-6-11(20-2)10(15)7-9/h5-8,13,18H,4,16H2,1-3H3. The van der Waals surface area contributed by atoms with E-state index in [9.17, 15) is 4.39 Å². The van der Waals surface area contributed by atoms with Crippen molar-refractivity contribution in [2.24, 2.45) is 5.84 Å². The normalized spacial score (nSPS) is 12.2. The van der Waals surface area contributed by atoms with Gasteiger partial charge in [-0.2, -0.15) is 5.10 Å². The Kier molecular flexibility index (Phi) is 4.77. The number of nitrogens with zero attached hydrogens (tertiary/aromatic N) is 2. The van der Waals surface area contributed by atoms with Gasteiger partial charge in [-0.3, -0.25) is 10.5 Å². The number of nitrogens with one attached hydrogen (secondary N) is 1. The van der Waals surface area contributed by atoms with E-state index in [1.165, 1.54) is 13.2 Å². The second-order valence-corrected chi connectivity index (χ2v) is 4.41. The van der Waals surface area contributed by atoms with Crippen LogP contribution in [0.2, 0.25) is 0 Å². The molecule has 0 aliphatic carbocycles. The Morgan fingerprint density at radius 2 is 2.05 bits per heavy atom. The molecule has 7 heteroatoms. The lowest BCUT2D eigenvalue weighted by atomic mass is 10.0. The van der Waals surface area contributed by atoms with Gasteiger partial charge in [-0.15, -0.1) is 0 Å². The number of methoxy groups -OCH3 is 2. The van der Waals surface area contributed by atoms with Crippen molar-refractivity contribution in [3.05, 3.63) is 41.5 Å². The molecule has 0 fully saturated rings. The van der Waals surface area contributed by atoms with Crippen molar-refractivity contribution < 1.29 is 13.9 Å². The van der Waals surface area contributed by atoms with Crippen LogP contribution in [-0.2, 0) is 6.54 Å². The SMILES string of the molecule is CCn1ncc(OC)c1C(NN)c1ccc(OC)c(F)c1. The summed E-state index contributed by atoms with van der Waals surface area (Å²) < 4.78 is 25.9. The van der Waals surface area contributed by atoms with Crippen LogP contribution in [0, 0.1) is 5.82 Å². The van der Waals surface area contributed by atoms with E-state index in [0.717, 1.165) is 5.69 Å². The second kappa shape index (κ2) is 6.55. The van der Waals surface area contributed by atoms with Gasteiger partial charge in [0, 0.05) is 6.54 Å². The molecule has 0 aliphatic rings. The number of rotatable bonds is 6. The molecule has 2 aromatic rings. The average molecular weight is 294 g/mol. The maximum absolute atomic E-state index is 13.9. The van der Waals surface area contributed by atoms with Gasteiger partial charge in [0.1, 0.15) is 5.69 Å². The Balaban J connectivity index is 2.49. The lowest BCUT2D eigenvalue weighted by Gasteiger charge is -2.19. The Bertz CT molecular complexity index is 594. The third kappa shape index (κ3) is 2.84. The van der Waals surface area contributed by atoms with Gasteiger partial charge in [0.15, 0.2) is 17.3 Å². The minimum Gasteiger partial charge on any atom is -0.494 e. The summed E-state index contributed by atoms with van der Waals surface area (Å²) in [5.74, 6) is 6.00. The quantitative estimate of drug-likeness (QED) is 0.625. The van der Waals surface area contributed by atoms with E-state index in [1.54, 1.807) is 30.1 Å². The topological polar surface area (TPSA) is 74.3 Å². The molecular weight excluding hydrogens is 275 g/mol. The number of hydrazine groups is 1. The Morgan fingerprint density at radius 3 is 2.57 bits per heavy atom. The summed E-state index contributed by atoms with van der Waals surface area (Å²) in [7, 11) is 2.98. The molecular formula is C14H19FN4O2. The molecule has 0 saturated carbocycles. The summed E-state index contributed by atoms with van der Waals surface area (Å²) in [5.41, 5.74) is 4.09. The largest absolute Gasteiger partial charge is 0.494 e. The number of aromatic nitrogens is 2. The van der Waals surface area contributed by atoms with Gasteiger partial charge in [0.05, 0.1) is 26.5 Å². The molecule has 0 aliphatic heterocycles. The lowest BCUT2D eigenvalue weighted by Crippen LogP contribution is -2.31. The predicted octanol–water partition coefficient (Wildman–Crippen LogP) is 1.61. The lowest BCUT2D eigenvalue weighted by molar-refractivity contribution is 0.384. The monoisotopic (exact) mass is 294 g/mol. The molecule has 1 aromatic carbocycles. The van der Waals surface area contributed by atoms with Crippen LogP contribution >= 0.6 is 0 Å². The van der Waals surface area contributed by atoms with Gasteiger partial charge in [-0.05, 0) is 24.6 Å². The van der Waals surface area contributed by atoms with Gasteiger partial charge in [0.25, 0.3) is 0 Å². The van der Waals surface area contributed by atoms with Crippen LogP contribution in [0.25, 0.3) is 0 Å². The maximum atomic E-state index is 13.9. The van der Waals surface area contributed by atoms with Gasteiger partial charge >= 0.3 is 0 Å². The molecule has 21 heavy (non-hydrogen) atoms. The number of hydrogen-bond donors (Lipinski definition) is 2. The zero-order chi connectivity index (χ0) is 15.4. The fourth-order valence-corrected chi connectivity index (χ4v) is 2.27. The van der Waals surface area contributed by atoms with E-state index in [0.29, 0.717) is 17.9 Å². The fourth-order valence-electron chi connectivity index (χ4n) is 2.27. The van der Waals surface area contributed by atoms with Crippen LogP contribution in [0.1, 0.15) is 24.2 Å². The zero-order valence-electron chi connectivity index (χ0n) is 12.3. The van der Waals surface area contributed by atoms with Gasteiger partial charge in [0.2, 0.25) is 0 Å². The van der Waals surface area contributed by atoms with Crippen molar-refractivity contribution in [3.63, 3.8) is 0 Å². The molecule has 0 spiro atoms. The molecule has 0 bridgehead atoms. The number of nitrogens with two attached hydrogens (primary N) is 1. The van der Waals surface area contributed by atoms with Crippen molar-refractivity contribution in [1.29, 1.82) is 0 Å². The summed E-state index contributed by atoms with van der Waals surface area (Å²) in [5, 5.41) is 4.23. The third-order valence-electron chi connectivity index (χ3n) is 3.31. The number of hydrogen-bond acceptors (Lipinski definition) is 5. The van der Waals surface area contributed by atoms with Crippen LogP contribution < -0.4 is 20.7 Å². The third-order valence-corrected chi connectivity index (χ3v) is 3.31. The smallest absolute Gasteiger partial charge is 0.165 e. The molecule has 1 aromatic heterocycles. The van der Waals surface area contributed by atoms with E-state index in [2.05, 4.69) is 10.5 Å². The summed E-state index contributed by atoms with van der Waals surface area (Å²) in [6.07, 6.45) is 1.61. The van der Waals surface area contributed by atoms with Gasteiger partial charge in [-0.1, -0.05) is 6.07 Å². The van der Waals surface area contributed by atoms with Crippen molar-refractivity contribution in [2.45, 2.75) is 19.5 Å². The Morgan fingerprint density at radius 1 is 1.33 bits per heavy atom. The van der Waals surface area contributed by atoms with Crippen molar-refractivity contribution >= 4 is 0 Å². The van der Waals surface area contributed by atoms with Crippen LogP contribution in [0.5, 0.6) is 11.5 Å². The molecule has 114 valence electrons. The molecule has 1 atom stereocenters. The molecule has 0 amide bonds. The predicted molar refractivity (Wildman–Crippen MR) is 76.6 cm³/mol. The van der Waals surface area contributed by atoms with Crippen LogP contribution in [0.3, 0.4) is 0 Å². The minimum atomic E-state index is -0.447. The first kappa shape index (κ1) is 15.3. The number of benzene rings is 1. The van der Waals surface area contributed by atoms with Crippen LogP contribution in [-0.4, -0.2) is 24.0 Å². The van der Waals surface area contributed by atoms with Gasteiger partial charge in [-0.25, -0.2) is 9.82 Å². The fraction of sp³-hybridized carbons (Fsp3) is 0.357. The summed E-state index contributed by atoms with van der Waals surface area (Å²) >= 11 is 0. The second-order valence-electron chi connectivity index (χ2n) is 4.41. The Labute approximate surface area is 122 Å². The van der Waals surface area contributed by atoms with Crippen LogP contribution in [0.15, 0.2) is 24.4 Å².